The summed E-state index contributed by atoms with van der Waals surface area (Å²) in [7, 11) is 1.39. The largest absolute Gasteiger partial charge is 0.466 e. The maximum Gasteiger partial charge on any atom is 0.330 e. The van der Waals surface area contributed by atoms with Crippen LogP contribution in [-0.4, -0.2) is 37.9 Å². The third-order valence-corrected chi connectivity index (χ3v) is 5.37. The Kier molecular flexibility index (Phi) is 9.78. The monoisotopic (exact) mass is 378 g/mol. The number of unbranched alkanes of at least 4 members (excludes halogenated alkanes) is 1. The van der Waals surface area contributed by atoms with Gasteiger partial charge in [0, 0.05) is 19.1 Å². The lowest BCUT2D eigenvalue weighted by atomic mass is 9.92. The Morgan fingerprint density at radius 2 is 2.04 bits per heavy atom. The Morgan fingerprint density at radius 3 is 2.74 bits per heavy atom. The fourth-order valence-electron chi connectivity index (χ4n) is 3.90. The van der Waals surface area contributed by atoms with Crippen LogP contribution in [0.1, 0.15) is 64.7 Å². The first-order valence-corrected chi connectivity index (χ1v) is 10.3. The van der Waals surface area contributed by atoms with Gasteiger partial charge in [-0.3, -0.25) is 0 Å². The quantitative estimate of drug-likeness (QED) is 0.245. The number of allylic oxidation sites excluding steroid dienone is 3. The molecule has 3 unspecified atom stereocenters. The Hall–Kier alpha value is -1.46. The van der Waals surface area contributed by atoms with Crippen molar-refractivity contribution >= 4 is 11.8 Å². The van der Waals surface area contributed by atoms with Crippen LogP contribution in [0.2, 0.25) is 0 Å². The first-order valence-electron chi connectivity index (χ1n) is 10.3. The first-order chi connectivity index (χ1) is 13.1. The number of rotatable bonds is 10. The molecular weight excluding hydrogens is 344 g/mol. The predicted molar refractivity (Wildman–Crippen MR) is 104 cm³/mol. The summed E-state index contributed by atoms with van der Waals surface area (Å²) < 4.78 is 16.6. The highest BCUT2D eigenvalue weighted by atomic mass is 16.7. The van der Waals surface area contributed by atoms with Crippen molar-refractivity contribution in [2.45, 2.75) is 77.1 Å². The van der Waals surface area contributed by atoms with Gasteiger partial charge in [0.1, 0.15) is 5.78 Å². The number of carbonyl (C=O) groups is 2. The summed E-state index contributed by atoms with van der Waals surface area (Å²) in [6, 6.07) is 0. The Labute approximate surface area is 163 Å². The van der Waals surface area contributed by atoms with E-state index in [9.17, 15) is 9.59 Å². The van der Waals surface area contributed by atoms with Crippen LogP contribution in [0.3, 0.4) is 0 Å². The van der Waals surface area contributed by atoms with Crippen LogP contribution in [0.4, 0.5) is 0 Å². The normalized spacial score (nSPS) is 28.8. The van der Waals surface area contributed by atoms with Crippen molar-refractivity contribution < 1.29 is 23.8 Å². The highest BCUT2D eigenvalue weighted by Gasteiger charge is 2.34. The topological polar surface area (TPSA) is 61.8 Å². The lowest BCUT2D eigenvalue weighted by Gasteiger charge is -2.26. The Morgan fingerprint density at radius 1 is 1.19 bits per heavy atom. The zero-order valence-electron chi connectivity index (χ0n) is 16.7. The van der Waals surface area contributed by atoms with E-state index in [-0.39, 0.29) is 24.1 Å². The third kappa shape index (κ3) is 8.39. The summed E-state index contributed by atoms with van der Waals surface area (Å²) in [6.45, 7) is 2.43. The average Bonchev–Trinajstić information content (AvgIpc) is 3.03. The predicted octanol–water partition coefficient (Wildman–Crippen LogP) is 4.36. The Bertz CT molecular complexity index is 519. The Balaban J connectivity index is 1.87. The molecule has 0 spiro atoms. The van der Waals surface area contributed by atoms with Crippen molar-refractivity contribution in [3.63, 3.8) is 0 Å². The van der Waals surface area contributed by atoms with Gasteiger partial charge in [0.05, 0.1) is 13.2 Å². The number of hydrogen-bond donors (Lipinski definition) is 0. The maximum atomic E-state index is 11.3. The minimum absolute atomic E-state index is 0.0618. The lowest BCUT2D eigenvalue weighted by Crippen LogP contribution is -2.26. The summed E-state index contributed by atoms with van der Waals surface area (Å²) in [6.07, 6.45) is 16.6. The van der Waals surface area contributed by atoms with Gasteiger partial charge >= 0.3 is 5.97 Å². The SMILES string of the molecule is COC(=O)/C=C/CC1C[C@@H](OC2CCCCO2)CC1/C=C/CCCC(C)=O. The van der Waals surface area contributed by atoms with E-state index in [0.717, 1.165) is 51.6 Å². The van der Waals surface area contributed by atoms with Gasteiger partial charge in [0.25, 0.3) is 0 Å². The van der Waals surface area contributed by atoms with Crippen LogP contribution in [-0.2, 0) is 23.8 Å². The van der Waals surface area contributed by atoms with Crippen molar-refractivity contribution in [2.24, 2.45) is 11.8 Å². The molecule has 1 saturated heterocycles. The third-order valence-electron chi connectivity index (χ3n) is 5.37. The van der Waals surface area contributed by atoms with Gasteiger partial charge in [0.2, 0.25) is 0 Å². The molecule has 0 amide bonds. The maximum absolute atomic E-state index is 11.3. The molecule has 152 valence electrons. The highest BCUT2D eigenvalue weighted by Crippen LogP contribution is 2.38. The molecule has 27 heavy (non-hydrogen) atoms. The van der Waals surface area contributed by atoms with E-state index in [1.165, 1.54) is 19.6 Å². The number of methoxy groups -OCH3 is 1. The summed E-state index contributed by atoms with van der Waals surface area (Å²) >= 11 is 0. The second kappa shape index (κ2) is 12.1. The molecule has 0 aromatic rings. The molecule has 1 aliphatic carbocycles. The van der Waals surface area contributed by atoms with E-state index in [4.69, 9.17) is 9.47 Å². The molecular formula is C22H34O5. The molecule has 0 aromatic carbocycles. The van der Waals surface area contributed by atoms with Crippen LogP contribution in [0.5, 0.6) is 0 Å². The number of hydrogen-bond acceptors (Lipinski definition) is 5. The van der Waals surface area contributed by atoms with E-state index in [0.29, 0.717) is 18.3 Å². The molecule has 5 nitrogen and oxygen atoms in total. The molecule has 1 saturated carbocycles. The van der Waals surface area contributed by atoms with Crippen LogP contribution in [0.25, 0.3) is 0 Å². The molecule has 4 atom stereocenters. The van der Waals surface area contributed by atoms with Crippen molar-refractivity contribution in [1.82, 2.24) is 0 Å². The molecule has 2 aliphatic rings. The number of ketones is 1. The second-order valence-corrected chi connectivity index (χ2v) is 7.63. The summed E-state index contributed by atoms with van der Waals surface area (Å²) in [5, 5.41) is 0. The van der Waals surface area contributed by atoms with Crippen LogP contribution < -0.4 is 0 Å². The first kappa shape index (κ1) is 21.8. The minimum atomic E-state index is -0.312. The summed E-state index contributed by atoms with van der Waals surface area (Å²) in [5.41, 5.74) is 0. The smallest absolute Gasteiger partial charge is 0.330 e. The number of carbonyl (C=O) groups excluding carboxylic acids is 2. The van der Waals surface area contributed by atoms with E-state index in [1.807, 2.05) is 6.08 Å². The van der Waals surface area contributed by atoms with Gasteiger partial charge in [-0.1, -0.05) is 18.2 Å². The van der Waals surface area contributed by atoms with Gasteiger partial charge < -0.3 is 19.0 Å². The highest BCUT2D eigenvalue weighted by molar-refractivity contribution is 5.81. The van der Waals surface area contributed by atoms with Crippen LogP contribution >= 0.6 is 0 Å². The lowest BCUT2D eigenvalue weighted by molar-refractivity contribution is -0.187. The number of esters is 1. The molecule has 5 heteroatoms. The van der Waals surface area contributed by atoms with E-state index in [1.54, 1.807) is 6.92 Å². The fourth-order valence-corrected chi connectivity index (χ4v) is 3.90. The van der Waals surface area contributed by atoms with Gasteiger partial charge in [-0.2, -0.15) is 0 Å². The van der Waals surface area contributed by atoms with Gasteiger partial charge in [-0.15, -0.1) is 0 Å². The van der Waals surface area contributed by atoms with Crippen LogP contribution in [0, 0.1) is 11.8 Å². The number of Topliss-reactive ketones (excluding diaryl/α,β-unsaturated/α-hetero) is 1. The van der Waals surface area contributed by atoms with E-state index >= 15 is 0 Å². The molecule has 0 aromatic heterocycles. The molecule has 1 heterocycles. The molecule has 0 radical (unpaired) electrons. The van der Waals surface area contributed by atoms with Crippen molar-refractivity contribution in [3.05, 3.63) is 24.3 Å². The van der Waals surface area contributed by atoms with E-state index < -0.39 is 0 Å². The molecule has 2 fully saturated rings. The second-order valence-electron chi connectivity index (χ2n) is 7.63. The molecule has 2 rings (SSSR count). The van der Waals surface area contributed by atoms with E-state index in [2.05, 4.69) is 16.9 Å². The fraction of sp³-hybridized carbons (Fsp3) is 0.727. The standard InChI is InChI=1S/C22H34O5/c1-17(23)9-4-3-5-10-18-15-20(27-22-13-6-7-14-26-22)16-19(18)11-8-12-21(24)25-2/h5,8,10,12,18-20,22H,3-4,6-7,9,11,13-16H2,1-2H3/b10-5+,12-8+/t18?,19?,20-,22?/m0/s1. The van der Waals surface area contributed by atoms with Crippen LogP contribution in [0.15, 0.2) is 24.3 Å². The summed E-state index contributed by atoms with van der Waals surface area (Å²) in [4.78, 5) is 22.3. The van der Waals surface area contributed by atoms with Gasteiger partial charge in [0.15, 0.2) is 6.29 Å². The van der Waals surface area contributed by atoms with Crippen molar-refractivity contribution in [2.75, 3.05) is 13.7 Å². The number of ether oxygens (including phenoxy) is 3. The van der Waals surface area contributed by atoms with Gasteiger partial charge in [-0.25, -0.2) is 4.79 Å². The minimum Gasteiger partial charge on any atom is -0.466 e. The molecule has 0 bridgehead atoms. The van der Waals surface area contributed by atoms with Crippen molar-refractivity contribution in [3.8, 4) is 0 Å². The van der Waals surface area contributed by atoms with Crippen molar-refractivity contribution in [1.29, 1.82) is 0 Å². The van der Waals surface area contributed by atoms with Gasteiger partial charge in [-0.05, 0) is 70.1 Å². The zero-order chi connectivity index (χ0) is 19.5. The summed E-state index contributed by atoms with van der Waals surface area (Å²) in [5.74, 6) is 0.811. The average molecular weight is 379 g/mol. The molecule has 0 N–H and O–H groups in total. The zero-order valence-corrected chi connectivity index (χ0v) is 16.7. The molecule has 1 aliphatic heterocycles.